The fourth-order valence-corrected chi connectivity index (χ4v) is 3.14. The van der Waals surface area contributed by atoms with Crippen molar-refractivity contribution in [2.75, 3.05) is 0 Å². The molecule has 2 N–H and O–H groups in total. The van der Waals surface area contributed by atoms with E-state index in [1.807, 2.05) is 17.8 Å². The maximum Gasteiger partial charge on any atom is 0.0326 e. The van der Waals surface area contributed by atoms with Crippen LogP contribution in [-0.4, -0.2) is 0 Å². The number of nitrogens with two attached hydrogens (primary N) is 1. The van der Waals surface area contributed by atoms with Crippen LogP contribution < -0.4 is 5.73 Å². The lowest BCUT2D eigenvalue weighted by Gasteiger charge is -1.98. The zero-order valence-electron chi connectivity index (χ0n) is 8.35. The predicted octanol–water partition coefficient (Wildman–Crippen LogP) is 3.50. The number of rotatable bonds is 4. The molecule has 0 atom stereocenters. The van der Waals surface area contributed by atoms with Gasteiger partial charge in [-0.2, -0.15) is 0 Å². The minimum Gasteiger partial charge on any atom is -0.326 e. The summed E-state index contributed by atoms with van der Waals surface area (Å²) in [6, 6.07) is 14.8. The van der Waals surface area contributed by atoms with E-state index in [-0.39, 0.29) is 0 Å². The highest BCUT2D eigenvalue weighted by Crippen LogP contribution is 2.26. The van der Waals surface area contributed by atoms with Crippen molar-refractivity contribution in [3.63, 3.8) is 0 Å². The van der Waals surface area contributed by atoms with Gasteiger partial charge in [0.1, 0.15) is 0 Å². The number of benzene rings is 1. The molecule has 0 aliphatic rings. The van der Waals surface area contributed by atoms with Gasteiger partial charge < -0.3 is 5.73 Å². The summed E-state index contributed by atoms with van der Waals surface area (Å²) in [7, 11) is 0. The van der Waals surface area contributed by atoms with Crippen LogP contribution in [0.25, 0.3) is 0 Å². The summed E-state index contributed by atoms with van der Waals surface area (Å²) >= 11 is 3.67. The number of hydrogen-bond acceptors (Lipinski definition) is 3. The van der Waals surface area contributed by atoms with E-state index in [9.17, 15) is 0 Å². The average Bonchev–Trinajstić information content (AvgIpc) is 2.76. The summed E-state index contributed by atoms with van der Waals surface area (Å²) in [5.41, 5.74) is 5.57. The van der Waals surface area contributed by atoms with Crippen LogP contribution in [0.4, 0.5) is 0 Å². The van der Waals surface area contributed by atoms with Gasteiger partial charge in [-0.05, 0) is 24.3 Å². The van der Waals surface area contributed by atoms with E-state index in [2.05, 4.69) is 36.4 Å². The number of thioether (sulfide) groups is 1. The summed E-state index contributed by atoms with van der Waals surface area (Å²) in [6.07, 6.45) is 0. The molecule has 2 aromatic rings. The van der Waals surface area contributed by atoms with Gasteiger partial charge in [0.05, 0.1) is 0 Å². The first-order valence-electron chi connectivity index (χ1n) is 4.84. The molecular formula is C12H13NS2. The number of thiophene rings is 1. The molecule has 15 heavy (non-hydrogen) atoms. The van der Waals surface area contributed by atoms with Crippen molar-refractivity contribution < 1.29 is 0 Å². The molecule has 0 fully saturated rings. The van der Waals surface area contributed by atoms with E-state index in [0.717, 1.165) is 5.75 Å². The Kier molecular flexibility index (Phi) is 3.83. The summed E-state index contributed by atoms with van der Waals surface area (Å²) in [5.74, 6) is 1.04. The third-order valence-corrected chi connectivity index (χ3v) is 4.39. The number of hydrogen-bond donors (Lipinski definition) is 1. The first kappa shape index (κ1) is 10.7. The Balaban J connectivity index is 1.93. The Morgan fingerprint density at radius 3 is 2.40 bits per heavy atom. The van der Waals surface area contributed by atoms with Crippen LogP contribution in [0.5, 0.6) is 0 Å². The molecule has 1 aromatic carbocycles. The fraction of sp³-hybridized carbons (Fsp3) is 0.167. The highest BCUT2D eigenvalue weighted by atomic mass is 32.2. The van der Waals surface area contributed by atoms with Crippen molar-refractivity contribution in [3.05, 3.63) is 52.2 Å². The molecule has 0 spiro atoms. The normalized spacial score (nSPS) is 10.5. The molecular weight excluding hydrogens is 222 g/mol. The van der Waals surface area contributed by atoms with Gasteiger partial charge in [0.15, 0.2) is 0 Å². The zero-order valence-corrected chi connectivity index (χ0v) is 9.98. The highest BCUT2D eigenvalue weighted by Gasteiger charge is 1.99. The Labute approximate surface area is 98.3 Å². The van der Waals surface area contributed by atoms with Gasteiger partial charge in [-0.3, -0.25) is 0 Å². The second-order valence-electron chi connectivity index (χ2n) is 3.17. The average molecular weight is 235 g/mol. The molecule has 1 nitrogen and oxygen atoms in total. The monoisotopic (exact) mass is 235 g/mol. The molecule has 0 bridgehead atoms. The second kappa shape index (κ2) is 5.35. The molecule has 0 aliphatic carbocycles. The summed E-state index contributed by atoms with van der Waals surface area (Å²) in [6.45, 7) is 0.653. The van der Waals surface area contributed by atoms with Crippen molar-refractivity contribution >= 4 is 23.1 Å². The Bertz CT molecular complexity index is 409. The van der Waals surface area contributed by atoms with Gasteiger partial charge in [-0.25, -0.2) is 0 Å². The quantitative estimate of drug-likeness (QED) is 0.821. The Morgan fingerprint density at radius 1 is 1.00 bits per heavy atom. The molecule has 0 unspecified atom stereocenters. The second-order valence-corrected chi connectivity index (χ2v) is 5.48. The molecule has 78 valence electrons. The minimum atomic E-state index is 0.653. The largest absolute Gasteiger partial charge is 0.326 e. The molecule has 2 rings (SSSR count). The van der Waals surface area contributed by atoms with Crippen LogP contribution in [-0.2, 0) is 12.3 Å². The summed E-state index contributed by atoms with van der Waals surface area (Å²) < 4.78 is 0. The lowest BCUT2D eigenvalue weighted by Crippen LogP contribution is -1.91. The Morgan fingerprint density at radius 2 is 1.73 bits per heavy atom. The van der Waals surface area contributed by atoms with E-state index >= 15 is 0 Å². The van der Waals surface area contributed by atoms with Crippen molar-refractivity contribution in [3.8, 4) is 0 Å². The predicted molar refractivity (Wildman–Crippen MR) is 68.2 cm³/mol. The maximum absolute atomic E-state index is 5.57. The fourth-order valence-electron chi connectivity index (χ4n) is 1.28. The lowest BCUT2D eigenvalue weighted by molar-refractivity contribution is 1.11. The lowest BCUT2D eigenvalue weighted by atomic mass is 10.4. The van der Waals surface area contributed by atoms with Crippen LogP contribution in [0.2, 0.25) is 0 Å². The third kappa shape index (κ3) is 3.09. The standard InChI is InChI=1S/C12H13NS2/c13-8-11-6-7-12(15-11)9-14-10-4-2-1-3-5-10/h1-7H,8-9,13H2. The van der Waals surface area contributed by atoms with Crippen molar-refractivity contribution in [2.24, 2.45) is 5.73 Å². The topological polar surface area (TPSA) is 26.0 Å². The smallest absolute Gasteiger partial charge is 0.0326 e. The third-order valence-electron chi connectivity index (χ3n) is 2.04. The van der Waals surface area contributed by atoms with E-state index in [4.69, 9.17) is 5.73 Å². The highest BCUT2D eigenvalue weighted by molar-refractivity contribution is 7.98. The molecule has 3 heteroatoms. The molecule has 0 amide bonds. The van der Waals surface area contributed by atoms with Crippen LogP contribution >= 0.6 is 23.1 Å². The van der Waals surface area contributed by atoms with Gasteiger partial charge in [0.2, 0.25) is 0 Å². The van der Waals surface area contributed by atoms with E-state index in [1.54, 1.807) is 11.3 Å². The first-order chi connectivity index (χ1) is 7.38. The van der Waals surface area contributed by atoms with Gasteiger partial charge >= 0.3 is 0 Å². The van der Waals surface area contributed by atoms with Crippen LogP contribution in [0.3, 0.4) is 0 Å². The van der Waals surface area contributed by atoms with E-state index in [0.29, 0.717) is 6.54 Å². The van der Waals surface area contributed by atoms with Crippen molar-refractivity contribution in [1.29, 1.82) is 0 Å². The van der Waals surface area contributed by atoms with Gasteiger partial charge in [-0.1, -0.05) is 18.2 Å². The van der Waals surface area contributed by atoms with Gasteiger partial charge in [0.25, 0.3) is 0 Å². The summed E-state index contributed by atoms with van der Waals surface area (Å²) in [4.78, 5) is 3.98. The van der Waals surface area contributed by atoms with Crippen LogP contribution in [0, 0.1) is 0 Å². The van der Waals surface area contributed by atoms with Gasteiger partial charge in [0, 0.05) is 26.9 Å². The maximum atomic E-state index is 5.57. The van der Waals surface area contributed by atoms with E-state index < -0.39 is 0 Å². The van der Waals surface area contributed by atoms with Crippen molar-refractivity contribution in [2.45, 2.75) is 17.2 Å². The molecule has 0 radical (unpaired) electrons. The SMILES string of the molecule is NCc1ccc(CSc2ccccc2)s1. The molecule has 0 saturated heterocycles. The van der Waals surface area contributed by atoms with Crippen LogP contribution in [0.1, 0.15) is 9.75 Å². The molecule has 1 aromatic heterocycles. The van der Waals surface area contributed by atoms with Gasteiger partial charge in [-0.15, -0.1) is 23.1 Å². The molecule has 0 saturated carbocycles. The summed E-state index contributed by atoms with van der Waals surface area (Å²) in [5, 5.41) is 0. The van der Waals surface area contributed by atoms with Crippen LogP contribution in [0.15, 0.2) is 47.4 Å². The molecule has 1 heterocycles. The Hall–Kier alpha value is -0.770. The van der Waals surface area contributed by atoms with E-state index in [1.165, 1.54) is 14.6 Å². The first-order valence-corrected chi connectivity index (χ1v) is 6.64. The minimum absolute atomic E-state index is 0.653. The molecule has 0 aliphatic heterocycles. The zero-order chi connectivity index (χ0) is 10.5. The van der Waals surface area contributed by atoms with Crippen molar-refractivity contribution in [1.82, 2.24) is 0 Å².